The van der Waals surface area contributed by atoms with Crippen LogP contribution in [0.1, 0.15) is 28.1 Å². The minimum absolute atomic E-state index is 0.333. The lowest BCUT2D eigenvalue weighted by atomic mass is 10.1. The quantitative estimate of drug-likeness (QED) is 0.749. The summed E-state index contributed by atoms with van der Waals surface area (Å²) in [5, 5.41) is 4.45. The summed E-state index contributed by atoms with van der Waals surface area (Å²) < 4.78 is 30.4. The summed E-state index contributed by atoms with van der Waals surface area (Å²) in [6.45, 7) is 9.50. The molecule has 0 amide bonds. The van der Waals surface area contributed by atoms with E-state index < -0.39 is 10.0 Å². The second kappa shape index (κ2) is 6.61. The molecule has 5 nitrogen and oxygen atoms in total. The molecule has 26 heavy (non-hydrogen) atoms. The molecule has 136 valence electrons. The molecule has 0 bridgehead atoms. The van der Waals surface area contributed by atoms with Crippen LogP contribution in [-0.2, 0) is 10.0 Å². The van der Waals surface area contributed by atoms with Crippen LogP contribution in [0.3, 0.4) is 0 Å². The van der Waals surface area contributed by atoms with Gasteiger partial charge in [-0.05, 0) is 70.0 Å². The van der Waals surface area contributed by atoms with Crippen LogP contribution < -0.4 is 4.72 Å². The van der Waals surface area contributed by atoms with Crippen molar-refractivity contribution in [1.82, 2.24) is 9.78 Å². The van der Waals surface area contributed by atoms with Crippen molar-refractivity contribution in [2.45, 2.75) is 39.5 Å². The van der Waals surface area contributed by atoms with Crippen molar-refractivity contribution in [3.05, 3.63) is 70.5 Å². The average Bonchev–Trinajstić information content (AvgIpc) is 2.84. The van der Waals surface area contributed by atoms with Gasteiger partial charge in [0.1, 0.15) is 0 Å². The molecule has 0 atom stereocenters. The van der Waals surface area contributed by atoms with Gasteiger partial charge in [0.2, 0.25) is 0 Å². The number of nitrogens with one attached hydrogen (secondary N) is 1. The second-order valence-corrected chi connectivity index (χ2v) is 8.34. The monoisotopic (exact) mass is 369 g/mol. The van der Waals surface area contributed by atoms with Crippen molar-refractivity contribution >= 4 is 15.7 Å². The van der Waals surface area contributed by atoms with Crippen molar-refractivity contribution in [3.63, 3.8) is 0 Å². The summed E-state index contributed by atoms with van der Waals surface area (Å²) in [6, 6.07) is 13.0. The molecule has 0 aliphatic carbocycles. The zero-order valence-electron chi connectivity index (χ0n) is 15.7. The zero-order valence-corrected chi connectivity index (χ0v) is 16.5. The second-order valence-electron chi connectivity index (χ2n) is 6.72. The number of aryl methyl sites for hydroxylation is 5. The standard InChI is InChI=1S/C20H23N3O2S/c1-13-9-14(2)20(15(3)10-13)26(24,25)22-18-7-6-8-19(12-18)23-17(5)11-16(4)21-23/h6-12,22H,1-5H3. The minimum atomic E-state index is -3.67. The number of benzene rings is 2. The Morgan fingerprint density at radius 3 is 2.15 bits per heavy atom. The lowest BCUT2D eigenvalue weighted by Crippen LogP contribution is -2.16. The molecule has 0 radical (unpaired) electrons. The molecule has 2 aromatic carbocycles. The fraction of sp³-hybridized carbons (Fsp3) is 0.250. The van der Waals surface area contributed by atoms with E-state index in [0.717, 1.165) is 33.8 Å². The van der Waals surface area contributed by atoms with Gasteiger partial charge in [-0.3, -0.25) is 4.72 Å². The van der Waals surface area contributed by atoms with Crippen LogP contribution in [-0.4, -0.2) is 18.2 Å². The lowest BCUT2D eigenvalue weighted by Gasteiger charge is -2.14. The number of hydrogen-bond acceptors (Lipinski definition) is 3. The maximum Gasteiger partial charge on any atom is 0.262 e. The fourth-order valence-corrected chi connectivity index (χ4v) is 4.89. The SMILES string of the molecule is Cc1cc(C)c(S(=O)(=O)Nc2cccc(-n3nc(C)cc3C)c2)c(C)c1. The van der Waals surface area contributed by atoms with Crippen LogP contribution >= 0.6 is 0 Å². The van der Waals surface area contributed by atoms with E-state index >= 15 is 0 Å². The van der Waals surface area contributed by atoms with Gasteiger partial charge in [0.05, 0.1) is 22.0 Å². The van der Waals surface area contributed by atoms with Crippen molar-refractivity contribution < 1.29 is 8.42 Å². The van der Waals surface area contributed by atoms with Gasteiger partial charge < -0.3 is 0 Å². The third kappa shape index (κ3) is 3.51. The molecule has 0 unspecified atom stereocenters. The highest BCUT2D eigenvalue weighted by Gasteiger charge is 2.20. The van der Waals surface area contributed by atoms with E-state index in [9.17, 15) is 8.42 Å². The summed E-state index contributed by atoms with van der Waals surface area (Å²) in [5.41, 5.74) is 5.76. The van der Waals surface area contributed by atoms with Crippen molar-refractivity contribution in [2.24, 2.45) is 0 Å². The highest BCUT2D eigenvalue weighted by Crippen LogP contribution is 2.25. The molecule has 0 saturated heterocycles. The Kier molecular flexibility index (Phi) is 4.63. The molecule has 1 N–H and O–H groups in total. The maximum atomic E-state index is 12.9. The van der Waals surface area contributed by atoms with Crippen molar-refractivity contribution in [1.29, 1.82) is 0 Å². The van der Waals surface area contributed by atoms with E-state index in [4.69, 9.17) is 0 Å². The first-order chi connectivity index (χ1) is 12.2. The zero-order chi connectivity index (χ0) is 19.1. The summed E-state index contributed by atoms with van der Waals surface area (Å²) in [4.78, 5) is 0.333. The molecule has 3 rings (SSSR count). The molecule has 6 heteroatoms. The first kappa shape index (κ1) is 18.2. The van der Waals surface area contributed by atoms with E-state index in [1.54, 1.807) is 16.8 Å². The Balaban J connectivity index is 1.99. The van der Waals surface area contributed by atoms with Gasteiger partial charge in [-0.1, -0.05) is 23.8 Å². The molecule has 1 heterocycles. The van der Waals surface area contributed by atoms with E-state index in [-0.39, 0.29) is 0 Å². The van der Waals surface area contributed by atoms with E-state index in [0.29, 0.717) is 10.6 Å². The van der Waals surface area contributed by atoms with Crippen LogP contribution in [0.4, 0.5) is 5.69 Å². The van der Waals surface area contributed by atoms with Crippen LogP contribution in [0.2, 0.25) is 0 Å². The molecule has 0 saturated carbocycles. The maximum absolute atomic E-state index is 12.9. The number of sulfonamides is 1. The van der Waals surface area contributed by atoms with Gasteiger partial charge >= 0.3 is 0 Å². The minimum Gasteiger partial charge on any atom is -0.280 e. The normalized spacial score (nSPS) is 11.6. The smallest absolute Gasteiger partial charge is 0.262 e. The summed E-state index contributed by atoms with van der Waals surface area (Å²) >= 11 is 0. The van der Waals surface area contributed by atoms with Gasteiger partial charge in [-0.25, -0.2) is 13.1 Å². The van der Waals surface area contributed by atoms with E-state index in [2.05, 4.69) is 9.82 Å². The summed E-state index contributed by atoms with van der Waals surface area (Å²) in [7, 11) is -3.67. The van der Waals surface area contributed by atoms with Gasteiger partial charge in [-0.15, -0.1) is 0 Å². The Morgan fingerprint density at radius 1 is 0.923 bits per heavy atom. The first-order valence-electron chi connectivity index (χ1n) is 8.42. The molecule has 0 fully saturated rings. The fourth-order valence-electron chi connectivity index (χ4n) is 3.39. The molecule has 0 aliphatic heterocycles. The topological polar surface area (TPSA) is 64.0 Å². The molecular formula is C20H23N3O2S. The van der Waals surface area contributed by atoms with Gasteiger partial charge in [-0.2, -0.15) is 5.10 Å². The highest BCUT2D eigenvalue weighted by molar-refractivity contribution is 7.92. The molecule has 1 aromatic heterocycles. The Bertz CT molecular complexity index is 1060. The Hall–Kier alpha value is -2.60. The van der Waals surface area contributed by atoms with Gasteiger partial charge in [0, 0.05) is 5.69 Å². The van der Waals surface area contributed by atoms with Gasteiger partial charge in [0.25, 0.3) is 10.0 Å². The third-order valence-corrected chi connectivity index (χ3v) is 5.91. The summed E-state index contributed by atoms with van der Waals surface area (Å²) in [5.74, 6) is 0. The van der Waals surface area contributed by atoms with Crippen LogP contribution in [0.15, 0.2) is 47.4 Å². The van der Waals surface area contributed by atoms with Crippen molar-refractivity contribution in [3.8, 4) is 5.69 Å². The number of hydrogen-bond donors (Lipinski definition) is 1. The number of anilines is 1. The summed E-state index contributed by atoms with van der Waals surface area (Å²) in [6.07, 6.45) is 0. The number of aromatic nitrogens is 2. The third-order valence-electron chi connectivity index (χ3n) is 4.23. The molecular weight excluding hydrogens is 346 g/mol. The highest BCUT2D eigenvalue weighted by atomic mass is 32.2. The molecule has 3 aromatic rings. The van der Waals surface area contributed by atoms with Crippen LogP contribution in [0.5, 0.6) is 0 Å². The molecule has 0 spiro atoms. The van der Waals surface area contributed by atoms with Crippen LogP contribution in [0.25, 0.3) is 5.69 Å². The van der Waals surface area contributed by atoms with Crippen molar-refractivity contribution in [2.75, 3.05) is 4.72 Å². The number of nitrogens with zero attached hydrogens (tertiary/aromatic N) is 2. The largest absolute Gasteiger partial charge is 0.280 e. The lowest BCUT2D eigenvalue weighted by molar-refractivity contribution is 0.600. The Morgan fingerprint density at radius 2 is 1.58 bits per heavy atom. The Labute approximate surface area is 154 Å². The number of rotatable bonds is 4. The predicted molar refractivity (Wildman–Crippen MR) is 104 cm³/mol. The van der Waals surface area contributed by atoms with Gasteiger partial charge in [0.15, 0.2) is 0 Å². The predicted octanol–water partition coefficient (Wildman–Crippen LogP) is 4.22. The van der Waals surface area contributed by atoms with Crippen LogP contribution in [0, 0.1) is 34.6 Å². The molecule has 0 aliphatic rings. The average molecular weight is 369 g/mol. The first-order valence-corrected chi connectivity index (χ1v) is 9.90. The van der Waals surface area contributed by atoms with E-state index in [1.807, 2.05) is 65.0 Å². The van der Waals surface area contributed by atoms with E-state index in [1.165, 1.54) is 0 Å².